The van der Waals surface area contributed by atoms with Crippen molar-refractivity contribution in [3.05, 3.63) is 0 Å². The molecule has 0 N–H and O–H groups in total. The van der Waals surface area contributed by atoms with Crippen molar-refractivity contribution in [2.75, 3.05) is 20.6 Å². The van der Waals surface area contributed by atoms with Gasteiger partial charge in [-0.25, -0.2) is 0 Å². The van der Waals surface area contributed by atoms with Crippen molar-refractivity contribution >= 4 is 0 Å². The van der Waals surface area contributed by atoms with Crippen LogP contribution in [-0.2, 0) is 0 Å². The van der Waals surface area contributed by atoms with Crippen LogP contribution in [0.4, 0.5) is 0 Å². The van der Waals surface area contributed by atoms with E-state index in [4.69, 9.17) is 0 Å². The monoisotopic (exact) mass is 264 g/mol. The molecule has 0 spiro atoms. The zero-order chi connectivity index (χ0) is 13.5. The molecule has 1 heteroatoms. The lowest BCUT2D eigenvalue weighted by Gasteiger charge is -2.62. The van der Waals surface area contributed by atoms with Crippen molar-refractivity contribution in [3.63, 3.8) is 0 Å². The summed E-state index contributed by atoms with van der Waals surface area (Å²) >= 11 is 0. The maximum atomic E-state index is 2.55. The van der Waals surface area contributed by atoms with Crippen LogP contribution in [0.25, 0.3) is 0 Å². The summed E-state index contributed by atoms with van der Waals surface area (Å²) in [6.07, 6.45) is 15.1. The van der Waals surface area contributed by atoms with Gasteiger partial charge in [-0.05, 0) is 49.9 Å². The second kappa shape index (κ2) is 5.06. The highest BCUT2D eigenvalue weighted by Gasteiger charge is 2.58. The number of rotatable bonds is 6. The molecule has 4 rings (SSSR count). The molecule has 0 aromatic carbocycles. The molecule has 4 fully saturated rings. The fraction of sp³-hybridized carbons (Fsp3) is 1.00. The molecule has 4 bridgehead atoms. The van der Waals surface area contributed by atoms with Gasteiger partial charge in [-0.3, -0.25) is 0 Å². The van der Waals surface area contributed by atoms with Crippen LogP contribution in [0.1, 0.15) is 71.1 Å². The lowest BCUT2D eigenvalue weighted by Crippen LogP contribution is -2.67. The minimum absolute atomic E-state index is 0.682. The molecule has 0 atom stereocenters. The van der Waals surface area contributed by atoms with Gasteiger partial charge in [0.15, 0.2) is 0 Å². The van der Waals surface area contributed by atoms with E-state index in [1.54, 1.807) is 38.5 Å². The van der Waals surface area contributed by atoms with Gasteiger partial charge in [-0.1, -0.05) is 19.8 Å². The fourth-order valence-corrected chi connectivity index (χ4v) is 5.98. The average molecular weight is 264 g/mol. The molecule has 0 aliphatic heterocycles. The molecule has 19 heavy (non-hydrogen) atoms. The van der Waals surface area contributed by atoms with Crippen LogP contribution in [0.3, 0.4) is 0 Å². The summed E-state index contributed by atoms with van der Waals surface area (Å²) in [5, 5.41) is 0. The summed E-state index contributed by atoms with van der Waals surface area (Å²) in [5.74, 6) is 3.29. The molecule has 4 aliphatic rings. The second-order valence-corrected chi connectivity index (χ2v) is 8.61. The topological polar surface area (TPSA) is 0 Å². The molecular formula is C18H34N+. The largest absolute Gasteiger partial charge is 0.324 e. The minimum Gasteiger partial charge on any atom is -0.324 e. The Morgan fingerprint density at radius 3 is 1.84 bits per heavy atom. The molecule has 1 nitrogen and oxygen atoms in total. The lowest BCUT2D eigenvalue weighted by molar-refractivity contribution is -0.948. The Morgan fingerprint density at radius 2 is 1.37 bits per heavy atom. The summed E-state index contributed by atoms with van der Waals surface area (Å²) in [5.41, 5.74) is 0.682. The molecule has 0 unspecified atom stereocenters. The van der Waals surface area contributed by atoms with E-state index in [9.17, 15) is 0 Å². The first-order chi connectivity index (χ1) is 9.05. The molecule has 0 heterocycles. The van der Waals surface area contributed by atoms with Gasteiger partial charge in [-0.15, -0.1) is 0 Å². The van der Waals surface area contributed by atoms with Gasteiger partial charge >= 0.3 is 0 Å². The fourth-order valence-electron chi connectivity index (χ4n) is 5.98. The molecule has 0 radical (unpaired) electrons. The minimum atomic E-state index is 0.682. The van der Waals surface area contributed by atoms with Gasteiger partial charge < -0.3 is 4.48 Å². The Morgan fingerprint density at radius 1 is 0.842 bits per heavy atom. The standard InChI is InChI=1S/C18H34N/c1-4-5-6-7-8-19(2,3)18-12-15-9-16(13-18)11-17(10-15)14-18/h15-17H,4-14H2,1-3H3/q+1. The Bertz CT molecular complexity index is 282. The van der Waals surface area contributed by atoms with E-state index >= 15 is 0 Å². The highest BCUT2D eigenvalue weighted by atomic mass is 15.4. The Hall–Kier alpha value is -0.0400. The summed E-state index contributed by atoms with van der Waals surface area (Å²) in [6, 6.07) is 0. The van der Waals surface area contributed by atoms with E-state index in [2.05, 4.69) is 21.0 Å². The number of quaternary nitrogens is 1. The van der Waals surface area contributed by atoms with Crippen molar-refractivity contribution in [1.82, 2.24) is 0 Å². The first kappa shape index (κ1) is 13.9. The van der Waals surface area contributed by atoms with E-state index in [0.29, 0.717) is 5.54 Å². The predicted molar refractivity (Wildman–Crippen MR) is 82.0 cm³/mol. The average Bonchev–Trinajstić information content (AvgIpc) is 2.33. The van der Waals surface area contributed by atoms with Crippen LogP contribution in [0.2, 0.25) is 0 Å². The van der Waals surface area contributed by atoms with Crippen LogP contribution in [-0.4, -0.2) is 30.7 Å². The maximum absolute atomic E-state index is 2.55. The van der Waals surface area contributed by atoms with E-state index in [-0.39, 0.29) is 0 Å². The lowest BCUT2D eigenvalue weighted by atomic mass is 9.52. The smallest absolute Gasteiger partial charge is 0.0996 e. The van der Waals surface area contributed by atoms with Gasteiger partial charge in [0.25, 0.3) is 0 Å². The molecule has 110 valence electrons. The third kappa shape index (κ3) is 2.48. The molecule has 0 aromatic rings. The van der Waals surface area contributed by atoms with Crippen LogP contribution in [0, 0.1) is 17.8 Å². The van der Waals surface area contributed by atoms with E-state index in [1.807, 2.05) is 0 Å². The van der Waals surface area contributed by atoms with E-state index < -0.39 is 0 Å². The second-order valence-electron chi connectivity index (χ2n) is 8.61. The van der Waals surface area contributed by atoms with Gasteiger partial charge in [0.1, 0.15) is 0 Å². The van der Waals surface area contributed by atoms with Gasteiger partial charge in [0.05, 0.1) is 26.2 Å². The molecule has 0 saturated heterocycles. The number of nitrogens with zero attached hydrogens (tertiary/aromatic N) is 1. The molecule has 4 saturated carbocycles. The molecule has 0 amide bonds. The van der Waals surface area contributed by atoms with Gasteiger partial charge in [0, 0.05) is 19.3 Å². The van der Waals surface area contributed by atoms with E-state index in [0.717, 1.165) is 17.8 Å². The number of hydrogen-bond acceptors (Lipinski definition) is 0. The maximum Gasteiger partial charge on any atom is 0.0996 e. The summed E-state index contributed by atoms with van der Waals surface area (Å²) < 4.78 is 1.33. The highest BCUT2D eigenvalue weighted by molar-refractivity contribution is 5.03. The molecule has 4 aliphatic carbocycles. The summed E-state index contributed by atoms with van der Waals surface area (Å²) in [4.78, 5) is 0. The van der Waals surface area contributed by atoms with Gasteiger partial charge in [-0.2, -0.15) is 0 Å². The first-order valence-corrected chi connectivity index (χ1v) is 8.88. The van der Waals surface area contributed by atoms with Crippen molar-refractivity contribution in [1.29, 1.82) is 0 Å². The number of hydrogen-bond donors (Lipinski definition) is 0. The highest BCUT2D eigenvalue weighted by Crippen LogP contribution is 2.59. The predicted octanol–water partition coefficient (Wildman–Crippen LogP) is 4.61. The zero-order valence-corrected chi connectivity index (χ0v) is 13.5. The van der Waals surface area contributed by atoms with Crippen molar-refractivity contribution in [3.8, 4) is 0 Å². The number of unbranched alkanes of at least 4 members (excludes halogenated alkanes) is 3. The quantitative estimate of drug-likeness (QED) is 0.485. The normalized spacial score (nSPS) is 40.9. The van der Waals surface area contributed by atoms with Crippen LogP contribution in [0.15, 0.2) is 0 Å². The van der Waals surface area contributed by atoms with Crippen LogP contribution < -0.4 is 0 Å². The van der Waals surface area contributed by atoms with Crippen LogP contribution in [0.5, 0.6) is 0 Å². The Kier molecular flexibility index (Phi) is 3.71. The third-order valence-electron chi connectivity index (χ3n) is 6.86. The first-order valence-electron chi connectivity index (χ1n) is 8.88. The zero-order valence-electron chi connectivity index (χ0n) is 13.5. The molecular weight excluding hydrogens is 230 g/mol. The van der Waals surface area contributed by atoms with Gasteiger partial charge in [0.2, 0.25) is 0 Å². The van der Waals surface area contributed by atoms with Crippen molar-refractivity contribution < 1.29 is 4.48 Å². The SMILES string of the molecule is CCCCCC[N+](C)(C)C12CC3CC(CC(C3)C1)C2. The van der Waals surface area contributed by atoms with Crippen molar-refractivity contribution in [2.45, 2.75) is 76.7 Å². The Balaban J connectivity index is 1.66. The van der Waals surface area contributed by atoms with Crippen molar-refractivity contribution in [2.24, 2.45) is 17.8 Å². The Labute approximate surface area is 120 Å². The third-order valence-corrected chi connectivity index (χ3v) is 6.86. The van der Waals surface area contributed by atoms with E-state index in [1.165, 1.54) is 36.7 Å². The summed E-state index contributed by atoms with van der Waals surface area (Å²) in [7, 11) is 5.11. The summed E-state index contributed by atoms with van der Waals surface area (Å²) in [6.45, 7) is 3.74. The molecule has 0 aromatic heterocycles. The van der Waals surface area contributed by atoms with Crippen LogP contribution >= 0.6 is 0 Å².